The van der Waals surface area contributed by atoms with Gasteiger partial charge in [0.25, 0.3) is 6.43 Å². The summed E-state index contributed by atoms with van der Waals surface area (Å²) >= 11 is 5.22. The predicted molar refractivity (Wildman–Crippen MR) is 46.3 cm³/mol. The molecule has 0 aliphatic rings. The minimum Gasteiger partial charge on any atom is -0.402 e. The van der Waals surface area contributed by atoms with Crippen molar-refractivity contribution in [1.29, 1.82) is 0 Å². The van der Waals surface area contributed by atoms with Crippen molar-refractivity contribution in [3.63, 3.8) is 0 Å². The molecule has 0 N–H and O–H groups in total. The lowest BCUT2D eigenvalue weighted by atomic mass is 10.1. The average Bonchev–Trinajstić information content (AvgIpc) is 2.18. The van der Waals surface area contributed by atoms with Crippen LogP contribution in [0, 0.1) is 0 Å². The molecule has 0 aliphatic heterocycles. The van der Waals surface area contributed by atoms with Gasteiger partial charge in [0, 0.05) is 11.8 Å². The Morgan fingerprint density at radius 3 is 2.41 bits per heavy atom. The van der Waals surface area contributed by atoms with Crippen molar-refractivity contribution in [2.75, 3.05) is 0 Å². The zero-order chi connectivity index (χ0) is 13.2. The largest absolute Gasteiger partial charge is 0.573 e. The lowest BCUT2D eigenvalue weighted by Crippen LogP contribution is -2.19. The van der Waals surface area contributed by atoms with Gasteiger partial charge in [-0.25, -0.2) is 13.8 Å². The van der Waals surface area contributed by atoms with Crippen LogP contribution < -0.4 is 4.74 Å². The van der Waals surface area contributed by atoms with Crippen LogP contribution >= 0.6 is 11.6 Å². The topological polar surface area (TPSA) is 39.2 Å². The van der Waals surface area contributed by atoms with Crippen LogP contribution in [-0.2, 0) is 0 Å². The SMILES string of the molecule is O=Cc1cnc(Cl)c(OC(F)(F)F)c1C(F)F. The van der Waals surface area contributed by atoms with E-state index in [0.717, 1.165) is 0 Å². The van der Waals surface area contributed by atoms with Crippen LogP contribution in [0.5, 0.6) is 5.75 Å². The Labute approximate surface area is 96.2 Å². The standard InChI is InChI=1S/C8H3ClF5NO2/c9-6-5(17-8(12,13)14)4(7(10)11)3(2-16)1-15-6/h1-2,7H. The fourth-order valence-corrected chi connectivity index (χ4v) is 1.22. The first-order valence-corrected chi connectivity index (χ1v) is 4.31. The molecule has 0 unspecified atom stereocenters. The van der Waals surface area contributed by atoms with Gasteiger partial charge in [0.15, 0.2) is 17.2 Å². The third-order valence-corrected chi connectivity index (χ3v) is 1.89. The first-order valence-electron chi connectivity index (χ1n) is 3.93. The molecule has 1 heterocycles. The molecule has 94 valence electrons. The maximum Gasteiger partial charge on any atom is 0.573 e. The minimum absolute atomic E-state index is 0.0615. The molecule has 0 amide bonds. The summed E-state index contributed by atoms with van der Waals surface area (Å²) in [6.45, 7) is 0. The maximum absolute atomic E-state index is 12.5. The summed E-state index contributed by atoms with van der Waals surface area (Å²) in [5.74, 6) is -1.36. The third-order valence-electron chi connectivity index (χ3n) is 1.62. The maximum atomic E-state index is 12.5. The molecule has 0 fully saturated rings. The summed E-state index contributed by atoms with van der Waals surface area (Å²) < 4.78 is 64.3. The van der Waals surface area contributed by atoms with E-state index in [9.17, 15) is 26.7 Å². The molecule has 1 rings (SSSR count). The van der Waals surface area contributed by atoms with Crippen molar-refractivity contribution in [3.8, 4) is 5.75 Å². The lowest BCUT2D eigenvalue weighted by Gasteiger charge is -2.14. The van der Waals surface area contributed by atoms with Crippen LogP contribution in [0.4, 0.5) is 22.0 Å². The molecular weight excluding hydrogens is 273 g/mol. The molecule has 17 heavy (non-hydrogen) atoms. The number of carbonyl (C=O) groups excluding carboxylic acids is 1. The van der Waals surface area contributed by atoms with Gasteiger partial charge in [-0.05, 0) is 0 Å². The number of aldehydes is 1. The number of hydrogen-bond donors (Lipinski definition) is 0. The Morgan fingerprint density at radius 1 is 1.41 bits per heavy atom. The van der Waals surface area contributed by atoms with Crippen LogP contribution in [0.1, 0.15) is 22.3 Å². The highest BCUT2D eigenvalue weighted by atomic mass is 35.5. The lowest BCUT2D eigenvalue weighted by molar-refractivity contribution is -0.275. The summed E-state index contributed by atoms with van der Waals surface area (Å²) in [4.78, 5) is 13.6. The minimum atomic E-state index is -5.21. The molecule has 9 heteroatoms. The summed E-state index contributed by atoms with van der Waals surface area (Å²) in [7, 11) is 0. The van der Waals surface area contributed by atoms with Crippen molar-refractivity contribution in [3.05, 3.63) is 22.5 Å². The van der Waals surface area contributed by atoms with E-state index in [1.165, 1.54) is 0 Å². The van der Waals surface area contributed by atoms with E-state index in [1.807, 2.05) is 0 Å². The second-order valence-electron chi connectivity index (χ2n) is 2.71. The van der Waals surface area contributed by atoms with Crippen LogP contribution in [0.25, 0.3) is 0 Å². The molecule has 0 spiro atoms. The summed E-state index contributed by atoms with van der Waals surface area (Å²) in [6, 6.07) is 0. The smallest absolute Gasteiger partial charge is 0.402 e. The molecule has 0 aromatic carbocycles. The Balaban J connectivity index is 3.39. The van der Waals surface area contributed by atoms with E-state index in [2.05, 4.69) is 9.72 Å². The molecule has 0 radical (unpaired) electrons. The van der Waals surface area contributed by atoms with E-state index >= 15 is 0 Å². The van der Waals surface area contributed by atoms with Gasteiger partial charge in [-0.1, -0.05) is 11.6 Å². The molecular formula is C8H3ClF5NO2. The van der Waals surface area contributed by atoms with Crippen LogP contribution in [-0.4, -0.2) is 17.6 Å². The average molecular weight is 276 g/mol. The van der Waals surface area contributed by atoms with Gasteiger partial charge in [0.05, 0.1) is 5.56 Å². The highest BCUT2D eigenvalue weighted by molar-refractivity contribution is 6.31. The van der Waals surface area contributed by atoms with E-state index in [1.54, 1.807) is 0 Å². The number of halogens is 6. The van der Waals surface area contributed by atoms with Gasteiger partial charge in [-0.15, -0.1) is 13.2 Å². The van der Waals surface area contributed by atoms with Gasteiger partial charge in [-0.3, -0.25) is 4.79 Å². The highest BCUT2D eigenvalue weighted by Crippen LogP contribution is 2.38. The Kier molecular flexibility index (Phi) is 3.87. The molecule has 0 aliphatic carbocycles. The molecule has 1 aromatic heterocycles. The van der Waals surface area contributed by atoms with Crippen LogP contribution in [0.2, 0.25) is 5.15 Å². The number of aromatic nitrogens is 1. The highest BCUT2D eigenvalue weighted by Gasteiger charge is 2.35. The normalized spacial score (nSPS) is 11.7. The number of hydrogen-bond acceptors (Lipinski definition) is 3. The van der Waals surface area contributed by atoms with E-state index < -0.39 is 34.8 Å². The fourth-order valence-electron chi connectivity index (χ4n) is 1.03. The van der Waals surface area contributed by atoms with Gasteiger partial charge in [-0.2, -0.15) is 0 Å². The van der Waals surface area contributed by atoms with Crippen LogP contribution in [0.3, 0.4) is 0 Å². The van der Waals surface area contributed by atoms with Crippen LogP contribution in [0.15, 0.2) is 6.20 Å². The van der Waals surface area contributed by atoms with Crippen molar-refractivity contribution in [2.45, 2.75) is 12.8 Å². The van der Waals surface area contributed by atoms with Crippen molar-refractivity contribution >= 4 is 17.9 Å². The summed E-state index contributed by atoms with van der Waals surface area (Å²) in [6.07, 6.45) is -7.99. The summed E-state index contributed by atoms with van der Waals surface area (Å²) in [5.41, 5.74) is -1.96. The Morgan fingerprint density at radius 2 is 2.00 bits per heavy atom. The van der Waals surface area contributed by atoms with Gasteiger partial charge < -0.3 is 4.74 Å². The van der Waals surface area contributed by atoms with E-state index in [-0.39, 0.29) is 6.29 Å². The number of nitrogens with zero attached hydrogens (tertiary/aromatic N) is 1. The van der Waals surface area contributed by atoms with Gasteiger partial charge >= 0.3 is 6.36 Å². The molecule has 0 saturated heterocycles. The number of pyridine rings is 1. The zero-order valence-electron chi connectivity index (χ0n) is 7.76. The number of carbonyl (C=O) groups is 1. The molecule has 0 saturated carbocycles. The molecule has 0 atom stereocenters. The Hall–Kier alpha value is -1.44. The van der Waals surface area contributed by atoms with Crippen molar-refractivity contribution in [1.82, 2.24) is 4.98 Å². The zero-order valence-corrected chi connectivity index (χ0v) is 8.52. The summed E-state index contributed by atoms with van der Waals surface area (Å²) in [5, 5.41) is -0.900. The van der Waals surface area contributed by atoms with E-state index in [4.69, 9.17) is 11.6 Å². The fraction of sp³-hybridized carbons (Fsp3) is 0.250. The first-order chi connectivity index (χ1) is 7.76. The van der Waals surface area contributed by atoms with E-state index in [0.29, 0.717) is 6.20 Å². The quantitative estimate of drug-likeness (QED) is 0.482. The molecule has 0 bridgehead atoms. The number of rotatable bonds is 3. The molecule has 3 nitrogen and oxygen atoms in total. The third kappa shape index (κ3) is 3.26. The predicted octanol–water partition coefficient (Wildman–Crippen LogP) is 3.38. The number of ether oxygens (including phenoxy) is 1. The monoisotopic (exact) mass is 275 g/mol. The molecule has 1 aromatic rings. The van der Waals surface area contributed by atoms with Gasteiger partial charge in [0.2, 0.25) is 0 Å². The first kappa shape index (κ1) is 13.6. The van der Waals surface area contributed by atoms with Crippen molar-refractivity contribution < 1.29 is 31.5 Å². The van der Waals surface area contributed by atoms with Crippen molar-refractivity contribution in [2.24, 2.45) is 0 Å². The number of alkyl halides is 5. The Bertz CT molecular complexity index is 435. The van der Waals surface area contributed by atoms with Gasteiger partial charge in [0.1, 0.15) is 0 Å². The second-order valence-corrected chi connectivity index (χ2v) is 3.07. The second kappa shape index (κ2) is 4.82.